The molecule has 2 aromatic heterocycles. The van der Waals surface area contributed by atoms with E-state index >= 15 is 0 Å². The first-order chi connectivity index (χ1) is 8.22. The van der Waals surface area contributed by atoms with Gasteiger partial charge in [0.25, 0.3) is 0 Å². The molecule has 0 spiro atoms. The van der Waals surface area contributed by atoms with Crippen LogP contribution in [0.2, 0.25) is 0 Å². The monoisotopic (exact) mass is 225 g/mol. The third kappa shape index (κ3) is 1.73. The van der Waals surface area contributed by atoms with Gasteiger partial charge in [0.2, 0.25) is 5.89 Å². The molecule has 17 heavy (non-hydrogen) atoms. The van der Waals surface area contributed by atoms with Crippen LogP contribution in [0.1, 0.15) is 5.69 Å². The molecule has 0 radical (unpaired) electrons. The molecule has 2 N–H and O–H groups in total. The number of hydrogen-bond donors (Lipinski definition) is 1. The van der Waals surface area contributed by atoms with Crippen molar-refractivity contribution in [3.05, 3.63) is 42.1 Å². The Hall–Kier alpha value is -2.36. The molecular formula is C13H11N3O. The first kappa shape index (κ1) is 9.84. The molecule has 3 aromatic rings. The van der Waals surface area contributed by atoms with Gasteiger partial charge in [-0.2, -0.15) is 0 Å². The molecule has 1 aromatic carbocycles. The second kappa shape index (κ2) is 3.59. The van der Waals surface area contributed by atoms with Crippen molar-refractivity contribution in [3.8, 4) is 11.6 Å². The van der Waals surface area contributed by atoms with E-state index in [-0.39, 0.29) is 0 Å². The Morgan fingerprint density at radius 1 is 1.12 bits per heavy atom. The lowest BCUT2D eigenvalue weighted by molar-refractivity contribution is 0.616. The zero-order chi connectivity index (χ0) is 11.8. The quantitative estimate of drug-likeness (QED) is 0.647. The van der Waals surface area contributed by atoms with Crippen molar-refractivity contribution >= 4 is 16.8 Å². The van der Waals surface area contributed by atoms with Gasteiger partial charge in [-0.1, -0.05) is 6.07 Å². The SMILES string of the molecule is Cc1cccc(-c2nc3ccc(N)cc3o2)n1. The van der Waals surface area contributed by atoms with E-state index in [0.717, 1.165) is 16.9 Å². The number of benzene rings is 1. The minimum Gasteiger partial charge on any atom is -0.435 e. The van der Waals surface area contributed by atoms with Gasteiger partial charge in [0.05, 0.1) is 0 Å². The van der Waals surface area contributed by atoms with Gasteiger partial charge >= 0.3 is 0 Å². The van der Waals surface area contributed by atoms with E-state index < -0.39 is 0 Å². The van der Waals surface area contributed by atoms with Crippen molar-refractivity contribution in [1.82, 2.24) is 9.97 Å². The average Bonchev–Trinajstić information content (AvgIpc) is 2.72. The molecular weight excluding hydrogens is 214 g/mol. The number of anilines is 1. The Bertz CT molecular complexity index is 688. The fourth-order valence-electron chi connectivity index (χ4n) is 1.71. The van der Waals surface area contributed by atoms with Gasteiger partial charge in [-0.15, -0.1) is 0 Å². The highest BCUT2D eigenvalue weighted by atomic mass is 16.3. The second-order valence-electron chi connectivity index (χ2n) is 3.91. The third-order valence-corrected chi connectivity index (χ3v) is 2.52. The summed E-state index contributed by atoms with van der Waals surface area (Å²) >= 11 is 0. The summed E-state index contributed by atoms with van der Waals surface area (Å²) in [5.74, 6) is 0.523. The van der Waals surface area contributed by atoms with Gasteiger partial charge in [-0.3, -0.25) is 0 Å². The summed E-state index contributed by atoms with van der Waals surface area (Å²) in [4.78, 5) is 8.75. The zero-order valence-corrected chi connectivity index (χ0v) is 9.34. The molecule has 0 fully saturated rings. The van der Waals surface area contributed by atoms with Crippen LogP contribution >= 0.6 is 0 Å². The van der Waals surface area contributed by atoms with Crippen LogP contribution in [-0.2, 0) is 0 Å². The average molecular weight is 225 g/mol. The van der Waals surface area contributed by atoms with E-state index in [0.29, 0.717) is 17.2 Å². The number of rotatable bonds is 1. The number of pyridine rings is 1. The number of nitrogens with zero attached hydrogens (tertiary/aromatic N) is 2. The summed E-state index contributed by atoms with van der Waals surface area (Å²) in [6.07, 6.45) is 0. The summed E-state index contributed by atoms with van der Waals surface area (Å²) in [5.41, 5.74) is 9.50. The largest absolute Gasteiger partial charge is 0.435 e. The van der Waals surface area contributed by atoms with Crippen molar-refractivity contribution in [1.29, 1.82) is 0 Å². The van der Waals surface area contributed by atoms with Crippen molar-refractivity contribution in [3.63, 3.8) is 0 Å². The molecule has 0 atom stereocenters. The Morgan fingerprint density at radius 2 is 2.00 bits per heavy atom. The molecule has 3 rings (SSSR count). The summed E-state index contributed by atoms with van der Waals surface area (Å²) < 4.78 is 5.64. The first-order valence-electron chi connectivity index (χ1n) is 5.32. The van der Waals surface area contributed by atoms with Gasteiger partial charge in [0, 0.05) is 17.4 Å². The third-order valence-electron chi connectivity index (χ3n) is 2.52. The second-order valence-corrected chi connectivity index (χ2v) is 3.91. The normalized spacial score (nSPS) is 10.9. The molecule has 0 aliphatic carbocycles. The predicted octanol–water partition coefficient (Wildman–Crippen LogP) is 2.78. The van der Waals surface area contributed by atoms with Crippen LogP contribution in [0.5, 0.6) is 0 Å². The minimum atomic E-state index is 0.523. The molecule has 0 saturated heterocycles. The molecule has 0 amide bonds. The van der Waals surface area contributed by atoms with Crippen LogP contribution in [0, 0.1) is 6.92 Å². The molecule has 0 aliphatic heterocycles. The van der Waals surface area contributed by atoms with Crippen molar-refractivity contribution in [2.24, 2.45) is 0 Å². The molecule has 4 nitrogen and oxygen atoms in total. The van der Waals surface area contributed by atoms with Gasteiger partial charge < -0.3 is 10.2 Å². The maximum Gasteiger partial charge on any atom is 0.246 e. The standard InChI is InChI=1S/C13H11N3O/c1-8-3-2-4-11(15-8)13-16-10-6-5-9(14)7-12(10)17-13/h2-7H,14H2,1H3. The molecule has 0 unspecified atom stereocenters. The Labute approximate surface area is 98.1 Å². The smallest absolute Gasteiger partial charge is 0.246 e. The van der Waals surface area contributed by atoms with Crippen LogP contribution in [0.3, 0.4) is 0 Å². The van der Waals surface area contributed by atoms with E-state index in [2.05, 4.69) is 9.97 Å². The van der Waals surface area contributed by atoms with Crippen LogP contribution in [0.15, 0.2) is 40.8 Å². The maximum atomic E-state index is 5.69. The fourth-order valence-corrected chi connectivity index (χ4v) is 1.71. The van der Waals surface area contributed by atoms with Crippen LogP contribution < -0.4 is 5.73 Å². The van der Waals surface area contributed by atoms with Gasteiger partial charge in [-0.25, -0.2) is 9.97 Å². The maximum absolute atomic E-state index is 5.69. The first-order valence-corrected chi connectivity index (χ1v) is 5.32. The summed E-state index contributed by atoms with van der Waals surface area (Å²) in [5, 5.41) is 0. The molecule has 84 valence electrons. The Kier molecular flexibility index (Phi) is 2.08. The van der Waals surface area contributed by atoms with Crippen LogP contribution in [0.25, 0.3) is 22.7 Å². The summed E-state index contributed by atoms with van der Waals surface area (Å²) in [6.45, 7) is 1.93. The molecule has 4 heteroatoms. The topological polar surface area (TPSA) is 64.9 Å². The number of nitrogens with two attached hydrogens (primary N) is 1. The van der Waals surface area contributed by atoms with Crippen molar-refractivity contribution in [2.75, 3.05) is 5.73 Å². The highest BCUT2D eigenvalue weighted by Gasteiger charge is 2.09. The summed E-state index contributed by atoms with van der Waals surface area (Å²) in [7, 11) is 0. The molecule has 2 heterocycles. The van der Waals surface area contributed by atoms with Gasteiger partial charge in [0.15, 0.2) is 5.58 Å². The number of aryl methyl sites for hydroxylation is 1. The van der Waals surface area contributed by atoms with E-state index in [1.54, 1.807) is 12.1 Å². The number of aromatic nitrogens is 2. The molecule has 0 aliphatic rings. The number of nitrogen functional groups attached to an aromatic ring is 1. The van der Waals surface area contributed by atoms with Gasteiger partial charge in [0.1, 0.15) is 11.2 Å². The van der Waals surface area contributed by atoms with E-state index in [1.807, 2.05) is 31.2 Å². The lowest BCUT2D eigenvalue weighted by Gasteiger charge is -1.95. The number of hydrogen-bond acceptors (Lipinski definition) is 4. The number of oxazole rings is 1. The van der Waals surface area contributed by atoms with E-state index in [1.165, 1.54) is 0 Å². The molecule has 0 saturated carbocycles. The lowest BCUT2D eigenvalue weighted by Crippen LogP contribution is -1.85. The van der Waals surface area contributed by atoms with Crippen LogP contribution in [0.4, 0.5) is 5.69 Å². The van der Waals surface area contributed by atoms with Crippen molar-refractivity contribution < 1.29 is 4.42 Å². The van der Waals surface area contributed by atoms with E-state index in [9.17, 15) is 0 Å². The number of fused-ring (bicyclic) bond motifs is 1. The highest BCUT2D eigenvalue weighted by molar-refractivity contribution is 5.78. The van der Waals surface area contributed by atoms with Crippen LogP contribution in [-0.4, -0.2) is 9.97 Å². The van der Waals surface area contributed by atoms with Gasteiger partial charge in [-0.05, 0) is 31.2 Å². The fraction of sp³-hybridized carbons (Fsp3) is 0.0769. The Balaban J connectivity index is 2.18. The Morgan fingerprint density at radius 3 is 2.82 bits per heavy atom. The molecule has 0 bridgehead atoms. The van der Waals surface area contributed by atoms with E-state index in [4.69, 9.17) is 10.2 Å². The minimum absolute atomic E-state index is 0.523. The highest BCUT2D eigenvalue weighted by Crippen LogP contribution is 2.24. The summed E-state index contributed by atoms with van der Waals surface area (Å²) in [6, 6.07) is 11.2. The zero-order valence-electron chi connectivity index (χ0n) is 9.34. The van der Waals surface area contributed by atoms with Crippen molar-refractivity contribution in [2.45, 2.75) is 6.92 Å². The predicted molar refractivity (Wildman–Crippen MR) is 66.4 cm³/mol. The lowest BCUT2D eigenvalue weighted by atomic mass is 10.3.